The first-order valence-corrected chi connectivity index (χ1v) is 41.0. The van der Waals surface area contributed by atoms with Gasteiger partial charge in [-0.1, -0.05) is 218 Å². The van der Waals surface area contributed by atoms with E-state index in [1.807, 2.05) is 170 Å². The first kappa shape index (κ1) is 78.1. The highest BCUT2D eigenvalue weighted by atomic mass is 35.5. The summed E-state index contributed by atoms with van der Waals surface area (Å²) in [6.07, 6.45) is 2.42. The Kier molecular flexibility index (Phi) is 20.7. The number of thiophene rings is 2. The number of carbonyl (C=O) groups excluding carboxylic acids is 8. The van der Waals surface area contributed by atoms with Crippen LogP contribution in [-0.2, 0) is 19.2 Å². The van der Waals surface area contributed by atoms with Crippen LogP contribution in [0.25, 0.3) is 87.6 Å². The molecule has 17 aromatic rings. The Labute approximate surface area is 723 Å². The van der Waals surface area contributed by atoms with Gasteiger partial charge >= 0.3 is 23.9 Å². The number of imide groups is 2. The third-order valence-electron chi connectivity index (χ3n) is 21.0. The van der Waals surface area contributed by atoms with E-state index in [0.29, 0.717) is 0 Å². The van der Waals surface area contributed by atoms with Gasteiger partial charge in [0.25, 0.3) is 23.6 Å². The van der Waals surface area contributed by atoms with Crippen molar-refractivity contribution >= 4 is 136 Å². The van der Waals surface area contributed by atoms with E-state index in [0.717, 1.165) is 89.1 Å². The normalized spacial score (nSPS) is 12.8. The monoisotopic (exact) mass is 1700 g/mol. The molecule has 0 saturated heterocycles. The van der Waals surface area contributed by atoms with Gasteiger partial charge in [0.05, 0.1) is 22.3 Å². The molecule has 2 unspecified atom stereocenters. The SMILES string of the molecule is C=C(Cl)C(=O)Oc1ccnc(OC(=O)C(c2cccs2)N2C(=O)c3cc(Oc4ccc(-c5ccccc5)cc4)c4c5c(Oc6ccc(-c7ccccc7)cc6)cc6c7c(cc(Oc8ccc(-c9ccccc9)cc8)c(c8c(Oc9ccc(-c%10ccccc%10)cc9)cc(c3c48)C2=O)c75)C(=O)N(C(C(=O)Oc2cc(OC(=O)C(=C)Cl)ccn2)c2cccs2)C6=O)c1. The Balaban J connectivity index is 0.911. The van der Waals surface area contributed by atoms with Gasteiger partial charge in [-0.05, 0) is 152 Å². The van der Waals surface area contributed by atoms with E-state index in [1.165, 1.54) is 48.8 Å². The second-order valence-electron chi connectivity index (χ2n) is 28.5. The van der Waals surface area contributed by atoms with Gasteiger partial charge in [0, 0.05) is 77.4 Å². The summed E-state index contributed by atoms with van der Waals surface area (Å²) in [6, 6.07) is 81.1. The Bertz CT molecular complexity index is 6480. The van der Waals surface area contributed by atoms with Crippen LogP contribution in [0.5, 0.6) is 69.3 Å². The van der Waals surface area contributed by atoms with Gasteiger partial charge < -0.3 is 37.9 Å². The first-order chi connectivity index (χ1) is 60.4. The lowest BCUT2D eigenvalue weighted by atomic mass is 9.80. The molecule has 19 rings (SSSR count). The van der Waals surface area contributed by atoms with Crippen molar-refractivity contribution in [3.05, 3.63) is 370 Å². The Morgan fingerprint density at radius 1 is 0.298 bits per heavy atom. The highest BCUT2D eigenvalue weighted by Gasteiger charge is 2.48. The number of aromatic nitrogens is 2. The van der Waals surface area contributed by atoms with Crippen molar-refractivity contribution in [2.75, 3.05) is 0 Å². The molecule has 0 aliphatic carbocycles. The van der Waals surface area contributed by atoms with Crippen LogP contribution in [0, 0.1) is 0 Å². The number of ether oxygens (including phenoxy) is 8. The molecule has 0 bridgehead atoms. The van der Waals surface area contributed by atoms with Crippen LogP contribution in [0.1, 0.15) is 63.3 Å². The molecule has 6 heterocycles. The zero-order chi connectivity index (χ0) is 85.0. The molecule has 0 saturated carbocycles. The van der Waals surface area contributed by atoms with Crippen LogP contribution < -0.4 is 37.9 Å². The minimum absolute atomic E-state index is 0.0267. The number of halogens is 2. The van der Waals surface area contributed by atoms with Crippen molar-refractivity contribution in [3.63, 3.8) is 0 Å². The zero-order valence-electron chi connectivity index (χ0n) is 64.5. The molecule has 124 heavy (non-hydrogen) atoms. The van der Waals surface area contributed by atoms with Gasteiger partial charge in [-0.3, -0.25) is 29.0 Å². The highest BCUT2D eigenvalue weighted by molar-refractivity contribution is 7.10. The van der Waals surface area contributed by atoms with Gasteiger partial charge in [-0.25, -0.2) is 29.1 Å². The lowest BCUT2D eigenvalue weighted by molar-refractivity contribution is -0.140. The maximum absolute atomic E-state index is 16.9. The maximum atomic E-state index is 16.9. The summed E-state index contributed by atoms with van der Waals surface area (Å²) in [6.45, 7) is 6.89. The molecule has 600 valence electrons. The number of nitrogens with zero attached hydrogens (tertiary/aromatic N) is 4. The highest BCUT2D eigenvalue weighted by Crippen LogP contribution is 2.59. The predicted molar refractivity (Wildman–Crippen MR) is 472 cm³/mol. The van der Waals surface area contributed by atoms with Crippen LogP contribution >= 0.6 is 45.9 Å². The standard InChI is InChI=1S/C100H58Cl2N4O16S2/c1-55(101)97(111)119-69-43-45-103-81(49-69)121-99(113)91(79-25-15-47-123-79)105-93(107)71-51-75(115-65-35-27-61(28-36-65)57-17-7-3-8-18-57)85-87-77(117-67-39-31-63(32-40-67)59-21-11-5-12-22-59)53-73-84-74(96(110)106(95(73)109)92(80-26-16-48-124-80)100(114)122-82-50-70(44-46-104-82)120-98(112)56(2)102)54-78(118-68-41-33-64(34-42-68)60-23-13-6-14-24-60)88(90(84)87)86-76(52-72(94(105)108)83(71)89(85)86)116-66-37-29-62(30-38-66)58-19-9-4-10-20-58/h3-54,91-92H,1-2H2. The number of carbonyl (C=O) groups is 8. The summed E-state index contributed by atoms with van der Waals surface area (Å²) < 4.78 is 52.4. The summed E-state index contributed by atoms with van der Waals surface area (Å²) >= 11 is 13.9. The number of fused-ring (bicyclic) bond motifs is 2. The number of hydrogen-bond donors (Lipinski definition) is 0. The number of benzene rings is 13. The molecule has 0 radical (unpaired) electrons. The Hall–Kier alpha value is -15.7. The van der Waals surface area contributed by atoms with E-state index in [1.54, 1.807) is 83.6 Å². The molecule has 4 aromatic heterocycles. The fourth-order valence-corrected chi connectivity index (χ4v) is 17.2. The van der Waals surface area contributed by atoms with E-state index >= 15 is 28.8 Å². The molecule has 0 spiro atoms. The summed E-state index contributed by atoms with van der Waals surface area (Å²) in [5, 5.41) is 3.34. The summed E-state index contributed by atoms with van der Waals surface area (Å²) in [7, 11) is 0. The average molecular weight is 1710 g/mol. The van der Waals surface area contributed by atoms with E-state index in [-0.39, 0.29) is 144 Å². The van der Waals surface area contributed by atoms with Crippen molar-refractivity contribution in [3.8, 4) is 114 Å². The predicted octanol–water partition coefficient (Wildman–Crippen LogP) is 23.7. The quantitative estimate of drug-likeness (QED) is 0.0179. The molecule has 0 fully saturated rings. The van der Waals surface area contributed by atoms with Gasteiger partial charge in [-0.15, -0.1) is 22.7 Å². The molecule has 20 nitrogen and oxygen atoms in total. The largest absolute Gasteiger partial charge is 0.457 e. The second kappa shape index (κ2) is 32.8. The van der Waals surface area contributed by atoms with E-state index in [2.05, 4.69) is 23.1 Å². The second-order valence-corrected chi connectivity index (χ2v) is 31.4. The molecule has 2 aliphatic heterocycles. The fraction of sp³-hybridized carbons (Fsp3) is 0.0200. The van der Waals surface area contributed by atoms with Crippen molar-refractivity contribution in [2.24, 2.45) is 0 Å². The molecular weight excluding hydrogens is 1650 g/mol. The minimum atomic E-state index is -1.86. The summed E-state index contributed by atoms with van der Waals surface area (Å²) in [5.41, 5.74) is 6.15. The fourth-order valence-electron chi connectivity index (χ4n) is 15.5. The molecule has 2 aliphatic rings. The zero-order valence-corrected chi connectivity index (χ0v) is 67.6. The van der Waals surface area contributed by atoms with Crippen LogP contribution in [-0.4, -0.2) is 67.3 Å². The minimum Gasteiger partial charge on any atom is -0.457 e. The summed E-state index contributed by atoms with van der Waals surface area (Å²) in [5.74, 6) is -8.69. The average Bonchev–Trinajstić information content (AvgIpc) is 0.697. The molecule has 24 heteroatoms. The maximum Gasteiger partial charge on any atom is 0.354 e. The van der Waals surface area contributed by atoms with Gasteiger partial charge in [0.15, 0.2) is 12.1 Å². The van der Waals surface area contributed by atoms with Crippen LogP contribution in [0.2, 0.25) is 0 Å². The lowest BCUT2D eigenvalue weighted by Gasteiger charge is -2.35. The van der Waals surface area contributed by atoms with Crippen LogP contribution in [0.4, 0.5) is 0 Å². The third kappa shape index (κ3) is 14.8. The lowest BCUT2D eigenvalue weighted by Crippen LogP contribution is -2.46. The van der Waals surface area contributed by atoms with Crippen LogP contribution in [0.3, 0.4) is 0 Å². The smallest absolute Gasteiger partial charge is 0.354 e. The van der Waals surface area contributed by atoms with Gasteiger partial charge in [0.1, 0.15) is 67.6 Å². The number of amides is 4. The van der Waals surface area contributed by atoms with Crippen molar-refractivity contribution in [2.45, 2.75) is 12.1 Å². The van der Waals surface area contributed by atoms with E-state index in [9.17, 15) is 9.59 Å². The molecule has 13 aromatic carbocycles. The molecular formula is C100H58Cl2N4O16S2. The topological polar surface area (TPSA) is 243 Å². The first-order valence-electron chi connectivity index (χ1n) is 38.4. The Morgan fingerprint density at radius 3 is 0.815 bits per heavy atom. The molecule has 2 atom stereocenters. The van der Waals surface area contributed by atoms with Crippen molar-refractivity contribution in [1.82, 2.24) is 19.8 Å². The molecule has 0 N–H and O–H groups in total. The summed E-state index contributed by atoms with van der Waals surface area (Å²) in [4.78, 5) is 134. The number of esters is 4. The van der Waals surface area contributed by atoms with Crippen molar-refractivity contribution < 1.29 is 76.3 Å². The van der Waals surface area contributed by atoms with Crippen molar-refractivity contribution in [1.29, 1.82) is 0 Å². The Morgan fingerprint density at radius 2 is 0.565 bits per heavy atom. The van der Waals surface area contributed by atoms with Gasteiger partial charge in [-0.2, -0.15) is 0 Å². The van der Waals surface area contributed by atoms with E-state index in [4.69, 9.17) is 61.1 Å². The van der Waals surface area contributed by atoms with Crippen LogP contribution in [0.15, 0.2) is 338 Å². The molecule has 4 amide bonds. The van der Waals surface area contributed by atoms with Gasteiger partial charge in [0.2, 0.25) is 11.8 Å². The third-order valence-corrected chi connectivity index (χ3v) is 23.2. The number of rotatable bonds is 24. The number of hydrogen-bond acceptors (Lipinski definition) is 20. The van der Waals surface area contributed by atoms with E-state index < -0.39 is 69.7 Å². The number of pyridine rings is 2.